The third-order valence-electron chi connectivity index (χ3n) is 2.13. The average Bonchev–Trinajstić information content (AvgIpc) is 2.50. The lowest BCUT2D eigenvalue weighted by molar-refractivity contribution is -0.116. The van der Waals surface area contributed by atoms with Gasteiger partial charge in [0.05, 0.1) is 9.85 Å². The van der Waals surface area contributed by atoms with Gasteiger partial charge in [0.1, 0.15) is 5.82 Å². The van der Waals surface area contributed by atoms with E-state index in [-0.39, 0.29) is 10.7 Å². The highest BCUT2D eigenvalue weighted by atomic mass is 79.9. The molecule has 0 N–H and O–H groups in total. The number of carbonyl (C=O) groups excluding carboxylic acids is 1. The largest absolute Gasteiger partial charge is 0.296 e. The molecule has 1 amide bonds. The van der Waals surface area contributed by atoms with Crippen molar-refractivity contribution < 1.29 is 4.79 Å². The van der Waals surface area contributed by atoms with Crippen LogP contribution in [0.5, 0.6) is 0 Å². The minimum Gasteiger partial charge on any atom is -0.296 e. The van der Waals surface area contributed by atoms with E-state index in [0.717, 1.165) is 6.42 Å². The highest BCUT2D eigenvalue weighted by Crippen LogP contribution is 2.24. The van der Waals surface area contributed by atoms with Gasteiger partial charge in [-0.2, -0.15) is 0 Å². The van der Waals surface area contributed by atoms with Gasteiger partial charge in [0, 0.05) is 12.7 Å². The van der Waals surface area contributed by atoms with Crippen LogP contribution in [0.25, 0.3) is 0 Å². The SMILES string of the molecule is O=C1C(Br)CCN1c1ccc(Cl)cn1. The summed E-state index contributed by atoms with van der Waals surface area (Å²) in [5.41, 5.74) is 0. The number of pyridine rings is 1. The van der Waals surface area contributed by atoms with Gasteiger partial charge in [0.2, 0.25) is 5.91 Å². The van der Waals surface area contributed by atoms with E-state index in [1.165, 1.54) is 0 Å². The van der Waals surface area contributed by atoms with Crippen molar-refractivity contribution in [1.29, 1.82) is 0 Å². The summed E-state index contributed by atoms with van der Waals surface area (Å²) < 4.78 is 0. The van der Waals surface area contributed by atoms with Gasteiger partial charge >= 0.3 is 0 Å². The maximum atomic E-state index is 11.6. The van der Waals surface area contributed by atoms with E-state index >= 15 is 0 Å². The molecule has 14 heavy (non-hydrogen) atoms. The van der Waals surface area contributed by atoms with Crippen molar-refractivity contribution in [3.05, 3.63) is 23.4 Å². The molecule has 1 aromatic rings. The van der Waals surface area contributed by atoms with Crippen LogP contribution in [0.1, 0.15) is 6.42 Å². The highest BCUT2D eigenvalue weighted by molar-refractivity contribution is 9.10. The summed E-state index contributed by atoms with van der Waals surface area (Å²) in [5.74, 6) is 0.737. The molecule has 1 aromatic heterocycles. The lowest BCUT2D eigenvalue weighted by Crippen LogP contribution is -2.27. The van der Waals surface area contributed by atoms with Crippen LogP contribution >= 0.6 is 27.5 Å². The summed E-state index contributed by atoms with van der Waals surface area (Å²) in [5, 5.41) is 0.579. The number of hydrogen-bond donors (Lipinski definition) is 0. The molecule has 1 fully saturated rings. The molecule has 0 aromatic carbocycles. The first-order chi connectivity index (χ1) is 6.68. The first-order valence-corrected chi connectivity index (χ1v) is 5.55. The number of carbonyl (C=O) groups is 1. The third kappa shape index (κ3) is 1.77. The average molecular weight is 276 g/mol. The predicted molar refractivity (Wildman–Crippen MR) is 58.9 cm³/mol. The fraction of sp³-hybridized carbons (Fsp3) is 0.333. The van der Waals surface area contributed by atoms with E-state index < -0.39 is 0 Å². The minimum atomic E-state index is -0.0695. The molecule has 0 radical (unpaired) electrons. The Balaban J connectivity index is 2.24. The Hall–Kier alpha value is -0.610. The molecule has 1 unspecified atom stereocenters. The molecule has 3 nitrogen and oxygen atoms in total. The number of alkyl halides is 1. The predicted octanol–water partition coefficient (Wildman–Crippen LogP) is 2.24. The second-order valence-electron chi connectivity index (χ2n) is 3.08. The van der Waals surface area contributed by atoms with Crippen LogP contribution in [0.15, 0.2) is 18.3 Å². The zero-order chi connectivity index (χ0) is 10.1. The van der Waals surface area contributed by atoms with E-state index in [0.29, 0.717) is 17.4 Å². The van der Waals surface area contributed by atoms with Gasteiger partial charge in [-0.25, -0.2) is 4.98 Å². The summed E-state index contributed by atoms with van der Waals surface area (Å²) in [7, 11) is 0. The molecule has 74 valence electrons. The van der Waals surface area contributed by atoms with Crippen molar-refractivity contribution in [1.82, 2.24) is 4.98 Å². The van der Waals surface area contributed by atoms with Gasteiger partial charge in [0.15, 0.2) is 0 Å². The van der Waals surface area contributed by atoms with Crippen molar-refractivity contribution in [3.8, 4) is 0 Å². The lowest BCUT2D eigenvalue weighted by atomic mass is 10.4. The standard InChI is InChI=1S/C9H8BrClN2O/c10-7-3-4-13(9(7)14)8-2-1-6(11)5-12-8/h1-2,5,7H,3-4H2. The Kier molecular flexibility index (Phi) is 2.74. The zero-order valence-electron chi connectivity index (χ0n) is 7.28. The number of aromatic nitrogens is 1. The monoisotopic (exact) mass is 274 g/mol. The minimum absolute atomic E-state index is 0.0693. The summed E-state index contributed by atoms with van der Waals surface area (Å²) in [6.45, 7) is 0.712. The Morgan fingerprint density at radius 3 is 2.86 bits per heavy atom. The van der Waals surface area contributed by atoms with Crippen molar-refractivity contribution >= 4 is 39.3 Å². The van der Waals surface area contributed by atoms with Crippen LogP contribution in [0.4, 0.5) is 5.82 Å². The van der Waals surface area contributed by atoms with E-state index in [4.69, 9.17) is 11.6 Å². The number of rotatable bonds is 1. The maximum Gasteiger partial charge on any atom is 0.241 e. The van der Waals surface area contributed by atoms with Gasteiger partial charge in [-0.05, 0) is 18.6 Å². The van der Waals surface area contributed by atoms with Crippen LogP contribution in [0.2, 0.25) is 5.02 Å². The van der Waals surface area contributed by atoms with Gasteiger partial charge in [-0.3, -0.25) is 9.69 Å². The number of hydrogen-bond acceptors (Lipinski definition) is 2. The van der Waals surface area contributed by atoms with Crippen LogP contribution in [0.3, 0.4) is 0 Å². The Bertz CT molecular complexity index is 354. The number of halogens is 2. The van der Waals surface area contributed by atoms with Gasteiger partial charge in [-0.1, -0.05) is 27.5 Å². The maximum absolute atomic E-state index is 11.6. The van der Waals surface area contributed by atoms with E-state index in [2.05, 4.69) is 20.9 Å². The van der Waals surface area contributed by atoms with Crippen molar-refractivity contribution in [2.75, 3.05) is 11.4 Å². The smallest absolute Gasteiger partial charge is 0.241 e. The molecule has 0 saturated carbocycles. The molecule has 0 spiro atoms. The zero-order valence-corrected chi connectivity index (χ0v) is 9.62. The summed E-state index contributed by atoms with van der Waals surface area (Å²) in [6.07, 6.45) is 2.37. The van der Waals surface area contributed by atoms with E-state index in [9.17, 15) is 4.79 Å². The molecular formula is C9H8BrClN2O. The Morgan fingerprint density at radius 2 is 2.36 bits per heavy atom. The fourth-order valence-electron chi connectivity index (χ4n) is 1.40. The van der Waals surface area contributed by atoms with Crippen molar-refractivity contribution in [3.63, 3.8) is 0 Å². The Morgan fingerprint density at radius 1 is 1.57 bits per heavy atom. The van der Waals surface area contributed by atoms with Crippen LogP contribution in [-0.4, -0.2) is 22.3 Å². The summed E-state index contributed by atoms with van der Waals surface area (Å²) in [4.78, 5) is 17.3. The molecule has 0 aliphatic carbocycles. The van der Waals surface area contributed by atoms with Crippen LogP contribution in [0, 0.1) is 0 Å². The summed E-state index contributed by atoms with van der Waals surface area (Å²) in [6, 6.07) is 3.49. The highest BCUT2D eigenvalue weighted by Gasteiger charge is 2.30. The number of anilines is 1. The quantitative estimate of drug-likeness (QED) is 0.737. The number of nitrogens with zero attached hydrogens (tertiary/aromatic N) is 2. The topological polar surface area (TPSA) is 33.2 Å². The van der Waals surface area contributed by atoms with Crippen molar-refractivity contribution in [2.45, 2.75) is 11.2 Å². The van der Waals surface area contributed by atoms with Crippen molar-refractivity contribution in [2.24, 2.45) is 0 Å². The molecule has 0 bridgehead atoms. The Labute approximate surface area is 95.2 Å². The molecule has 1 saturated heterocycles. The fourth-order valence-corrected chi connectivity index (χ4v) is 1.96. The van der Waals surface area contributed by atoms with E-state index in [1.807, 2.05) is 0 Å². The first-order valence-electron chi connectivity index (χ1n) is 4.25. The van der Waals surface area contributed by atoms with Gasteiger partial charge in [-0.15, -0.1) is 0 Å². The van der Waals surface area contributed by atoms with Crippen LogP contribution < -0.4 is 4.90 Å². The van der Waals surface area contributed by atoms with E-state index in [1.54, 1.807) is 23.2 Å². The van der Waals surface area contributed by atoms with Gasteiger partial charge < -0.3 is 0 Å². The molecule has 1 aliphatic rings. The number of amides is 1. The normalized spacial score (nSPS) is 21.7. The van der Waals surface area contributed by atoms with Gasteiger partial charge in [0.25, 0.3) is 0 Å². The molecule has 1 aliphatic heterocycles. The van der Waals surface area contributed by atoms with Crippen LogP contribution in [-0.2, 0) is 4.79 Å². The molecular weight excluding hydrogens is 267 g/mol. The molecule has 1 atom stereocenters. The molecule has 2 rings (SSSR count). The first kappa shape index (κ1) is 9.93. The summed E-state index contributed by atoms with van der Waals surface area (Å²) >= 11 is 9.02. The lowest BCUT2D eigenvalue weighted by Gasteiger charge is -2.14. The molecule has 5 heteroatoms. The second kappa shape index (κ2) is 3.87. The second-order valence-corrected chi connectivity index (χ2v) is 4.62. The molecule has 2 heterocycles. The third-order valence-corrected chi connectivity index (χ3v) is 3.20.